The molecule has 0 aliphatic rings. The number of pyridine rings is 1. The number of para-hydroxylation sites is 2. The zero-order valence-electron chi connectivity index (χ0n) is 17.5. The molecule has 3 aromatic heterocycles. The molecule has 0 saturated carbocycles. The summed E-state index contributed by atoms with van der Waals surface area (Å²) in [5.41, 5.74) is 3.40. The van der Waals surface area contributed by atoms with Gasteiger partial charge in [0.25, 0.3) is 0 Å². The number of benzene rings is 2. The SMILES string of the molecule is Cn1c(CCn2nc3ccc(-c4ccc(OC(F)(F)F)cc4)cn3c2=O)nc2ccccc21. The van der Waals surface area contributed by atoms with Gasteiger partial charge in [-0.15, -0.1) is 18.3 Å². The van der Waals surface area contributed by atoms with Crippen molar-refractivity contribution in [2.45, 2.75) is 19.3 Å². The maximum absolute atomic E-state index is 12.9. The van der Waals surface area contributed by atoms with Crippen molar-refractivity contribution in [3.05, 3.63) is 83.2 Å². The van der Waals surface area contributed by atoms with Gasteiger partial charge in [0.1, 0.15) is 11.6 Å². The summed E-state index contributed by atoms with van der Waals surface area (Å²) >= 11 is 0. The third-order valence-electron chi connectivity index (χ3n) is 5.43. The molecule has 0 aliphatic heterocycles. The van der Waals surface area contributed by atoms with E-state index in [-0.39, 0.29) is 11.4 Å². The molecule has 168 valence electrons. The molecule has 2 aromatic carbocycles. The van der Waals surface area contributed by atoms with Crippen molar-refractivity contribution in [2.24, 2.45) is 7.05 Å². The Kier molecular flexibility index (Phi) is 4.92. The lowest BCUT2D eigenvalue weighted by molar-refractivity contribution is -0.274. The van der Waals surface area contributed by atoms with Crippen LogP contribution in [0.2, 0.25) is 0 Å². The first-order valence-electron chi connectivity index (χ1n) is 10.1. The highest BCUT2D eigenvalue weighted by Crippen LogP contribution is 2.26. The molecule has 0 saturated heterocycles. The van der Waals surface area contributed by atoms with E-state index in [4.69, 9.17) is 0 Å². The summed E-state index contributed by atoms with van der Waals surface area (Å²) in [6.45, 7) is 0.358. The predicted octanol–water partition coefficient (Wildman–Crippen LogP) is 4.19. The highest BCUT2D eigenvalue weighted by molar-refractivity contribution is 5.75. The van der Waals surface area contributed by atoms with Crippen molar-refractivity contribution in [2.75, 3.05) is 0 Å². The number of ether oxygens (including phenoxy) is 1. The topological polar surface area (TPSA) is 66.3 Å². The summed E-state index contributed by atoms with van der Waals surface area (Å²) in [5, 5.41) is 4.39. The number of nitrogens with zero attached hydrogens (tertiary/aromatic N) is 5. The molecule has 0 fully saturated rings. The summed E-state index contributed by atoms with van der Waals surface area (Å²) in [7, 11) is 1.94. The Labute approximate surface area is 185 Å². The minimum atomic E-state index is -4.75. The molecule has 7 nitrogen and oxygen atoms in total. The number of imidazole rings is 1. The van der Waals surface area contributed by atoms with Gasteiger partial charge < -0.3 is 9.30 Å². The second-order valence-electron chi connectivity index (χ2n) is 7.55. The van der Waals surface area contributed by atoms with Gasteiger partial charge in [-0.25, -0.2) is 18.9 Å². The molecular weight excluding hydrogens is 435 g/mol. The lowest BCUT2D eigenvalue weighted by Gasteiger charge is -2.09. The first-order valence-corrected chi connectivity index (χ1v) is 10.1. The van der Waals surface area contributed by atoms with Crippen LogP contribution >= 0.6 is 0 Å². The average Bonchev–Trinajstić information content (AvgIpc) is 3.28. The van der Waals surface area contributed by atoms with Crippen LogP contribution < -0.4 is 10.4 Å². The second kappa shape index (κ2) is 7.80. The van der Waals surface area contributed by atoms with Crippen molar-refractivity contribution < 1.29 is 17.9 Å². The molecule has 0 amide bonds. The standard InChI is InChI=1S/C23H18F3N5O2/c1-29-19-5-3-2-4-18(19)27-20(29)12-13-31-22(32)30-14-16(8-11-21(30)28-31)15-6-9-17(10-7-15)33-23(24,25)26/h2-11,14H,12-13H2,1H3. The van der Waals surface area contributed by atoms with Gasteiger partial charge in [-0.3, -0.25) is 0 Å². The van der Waals surface area contributed by atoms with Crippen LogP contribution in [0.3, 0.4) is 0 Å². The van der Waals surface area contributed by atoms with Gasteiger partial charge in [-0.2, -0.15) is 0 Å². The number of hydrogen-bond acceptors (Lipinski definition) is 4. The zero-order valence-corrected chi connectivity index (χ0v) is 17.5. The van der Waals surface area contributed by atoms with E-state index in [1.807, 2.05) is 35.9 Å². The Bertz CT molecular complexity index is 1510. The molecule has 0 spiro atoms. The normalized spacial score (nSPS) is 12.0. The fraction of sp³-hybridized carbons (Fsp3) is 0.174. The Hall–Kier alpha value is -4.08. The van der Waals surface area contributed by atoms with Gasteiger partial charge in [-0.1, -0.05) is 24.3 Å². The molecule has 3 heterocycles. The minimum absolute atomic E-state index is 0.303. The van der Waals surface area contributed by atoms with Crippen LogP contribution in [0.5, 0.6) is 5.75 Å². The summed E-state index contributed by atoms with van der Waals surface area (Å²) in [4.78, 5) is 17.5. The maximum Gasteiger partial charge on any atom is 0.573 e. The van der Waals surface area contributed by atoms with E-state index in [9.17, 15) is 18.0 Å². The molecule has 0 bridgehead atoms. The molecular formula is C23H18F3N5O2. The van der Waals surface area contributed by atoms with E-state index in [1.54, 1.807) is 18.3 Å². The van der Waals surface area contributed by atoms with Crippen LogP contribution in [-0.4, -0.2) is 30.1 Å². The van der Waals surface area contributed by atoms with Crippen LogP contribution in [0.25, 0.3) is 27.8 Å². The molecule has 0 radical (unpaired) electrons. The second-order valence-corrected chi connectivity index (χ2v) is 7.55. The monoisotopic (exact) mass is 453 g/mol. The molecule has 0 N–H and O–H groups in total. The van der Waals surface area contributed by atoms with Gasteiger partial charge in [0, 0.05) is 19.7 Å². The first-order chi connectivity index (χ1) is 15.8. The average molecular weight is 453 g/mol. The van der Waals surface area contributed by atoms with Crippen LogP contribution in [0.15, 0.2) is 71.7 Å². The molecule has 5 aromatic rings. The Morgan fingerprint density at radius 3 is 2.42 bits per heavy atom. The molecule has 10 heteroatoms. The van der Waals surface area contributed by atoms with E-state index < -0.39 is 6.36 Å². The number of hydrogen-bond donors (Lipinski definition) is 0. The molecule has 0 aliphatic carbocycles. The third kappa shape index (κ3) is 4.07. The van der Waals surface area contributed by atoms with Gasteiger partial charge in [0.15, 0.2) is 5.65 Å². The quantitative estimate of drug-likeness (QED) is 0.400. The Balaban J connectivity index is 1.39. The predicted molar refractivity (Wildman–Crippen MR) is 116 cm³/mol. The van der Waals surface area contributed by atoms with Crippen LogP contribution in [0.4, 0.5) is 13.2 Å². The van der Waals surface area contributed by atoms with Crippen molar-refractivity contribution in [3.63, 3.8) is 0 Å². The number of aryl methyl sites for hydroxylation is 3. The van der Waals surface area contributed by atoms with E-state index in [1.165, 1.54) is 33.3 Å². The first kappa shape index (κ1) is 20.8. The number of fused-ring (bicyclic) bond motifs is 2. The van der Waals surface area contributed by atoms with Gasteiger partial charge in [-0.05, 0) is 47.5 Å². The maximum atomic E-state index is 12.9. The third-order valence-corrected chi connectivity index (χ3v) is 5.43. The highest BCUT2D eigenvalue weighted by atomic mass is 19.4. The molecule has 0 atom stereocenters. The largest absolute Gasteiger partial charge is 0.573 e. The van der Waals surface area contributed by atoms with Crippen molar-refractivity contribution in [3.8, 4) is 16.9 Å². The summed E-state index contributed by atoms with van der Waals surface area (Å²) in [5.74, 6) is 0.543. The Morgan fingerprint density at radius 1 is 0.970 bits per heavy atom. The van der Waals surface area contributed by atoms with Gasteiger partial charge >= 0.3 is 12.1 Å². The van der Waals surface area contributed by atoms with Crippen LogP contribution in [-0.2, 0) is 20.0 Å². The van der Waals surface area contributed by atoms with E-state index in [0.717, 1.165) is 16.9 Å². The molecule has 0 unspecified atom stereocenters. The van der Waals surface area contributed by atoms with Gasteiger partial charge in [0.05, 0.1) is 17.6 Å². The van der Waals surface area contributed by atoms with Crippen molar-refractivity contribution >= 4 is 16.7 Å². The summed E-state index contributed by atoms with van der Waals surface area (Å²) < 4.78 is 45.8. The van der Waals surface area contributed by atoms with Gasteiger partial charge in [0.2, 0.25) is 0 Å². The lowest BCUT2D eigenvalue weighted by atomic mass is 10.1. The number of halogens is 3. The number of rotatable bonds is 5. The molecule has 5 rings (SSSR count). The van der Waals surface area contributed by atoms with Crippen molar-refractivity contribution in [1.29, 1.82) is 0 Å². The summed E-state index contributed by atoms with van der Waals surface area (Å²) in [6, 6.07) is 16.7. The van der Waals surface area contributed by atoms with Crippen LogP contribution in [0.1, 0.15) is 5.82 Å². The number of alkyl halides is 3. The van der Waals surface area contributed by atoms with E-state index >= 15 is 0 Å². The fourth-order valence-electron chi connectivity index (χ4n) is 3.81. The number of aromatic nitrogens is 5. The highest BCUT2D eigenvalue weighted by Gasteiger charge is 2.31. The van der Waals surface area contributed by atoms with E-state index in [2.05, 4.69) is 14.8 Å². The fourth-order valence-corrected chi connectivity index (χ4v) is 3.81. The van der Waals surface area contributed by atoms with E-state index in [0.29, 0.717) is 29.7 Å². The van der Waals surface area contributed by atoms with Crippen molar-refractivity contribution in [1.82, 2.24) is 23.7 Å². The summed E-state index contributed by atoms with van der Waals surface area (Å²) in [6.07, 6.45) is -2.59. The Morgan fingerprint density at radius 2 is 1.70 bits per heavy atom. The molecule has 33 heavy (non-hydrogen) atoms. The van der Waals surface area contributed by atoms with Crippen LogP contribution in [0, 0.1) is 0 Å². The minimum Gasteiger partial charge on any atom is -0.406 e. The smallest absolute Gasteiger partial charge is 0.406 e. The zero-order chi connectivity index (χ0) is 23.2. The lowest BCUT2D eigenvalue weighted by Crippen LogP contribution is -2.22.